The Morgan fingerprint density at radius 3 is 2.50 bits per heavy atom. The van der Waals surface area contributed by atoms with E-state index in [1.807, 2.05) is 18.2 Å². The summed E-state index contributed by atoms with van der Waals surface area (Å²) in [5, 5.41) is 3.66. The summed E-state index contributed by atoms with van der Waals surface area (Å²) in [6.45, 7) is 0. The molecule has 2 aromatic rings. The molecule has 79 valence electrons. The Kier molecular flexibility index (Phi) is 2.51. The van der Waals surface area contributed by atoms with Crippen LogP contribution in [-0.4, -0.2) is 16.8 Å². The molecule has 0 atom stereocenters. The molecule has 1 heterocycles. The summed E-state index contributed by atoms with van der Waals surface area (Å²) in [6.07, 6.45) is 0. The van der Waals surface area contributed by atoms with Gasteiger partial charge >= 0.3 is 5.91 Å². The van der Waals surface area contributed by atoms with E-state index in [0.717, 1.165) is 5.56 Å². The number of nitrogens with one attached hydrogen (secondary N) is 1. The number of hydrogen-bond acceptors (Lipinski definition) is 4. The molecular formula is C11H7N2O3. The Bertz CT molecular complexity index is 531. The van der Waals surface area contributed by atoms with E-state index in [0.29, 0.717) is 5.69 Å². The Hall–Kier alpha value is -2.43. The van der Waals surface area contributed by atoms with Gasteiger partial charge in [0, 0.05) is 11.6 Å². The van der Waals surface area contributed by atoms with Crippen molar-refractivity contribution in [3.8, 4) is 11.3 Å². The lowest BCUT2D eigenvalue weighted by molar-refractivity contribution is -0.114. The number of ketones is 1. The number of aromatic nitrogens is 1. The van der Waals surface area contributed by atoms with E-state index < -0.39 is 11.7 Å². The van der Waals surface area contributed by atoms with Crippen molar-refractivity contribution in [2.45, 2.75) is 0 Å². The molecule has 0 unspecified atom stereocenters. The van der Waals surface area contributed by atoms with Gasteiger partial charge in [-0.3, -0.25) is 15.3 Å². The third-order valence-corrected chi connectivity index (χ3v) is 2.01. The van der Waals surface area contributed by atoms with Crippen LogP contribution in [0.15, 0.2) is 40.9 Å². The van der Waals surface area contributed by atoms with E-state index in [1.165, 1.54) is 6.07 Å². The quantitative estimate of drug-likeness (QED) is 0.571. The first-order valence-electron chi connectivity index (χ1n) is 4.51. The Balaban J connectivity index is 2.34. The zero-order valence-electron chi connectivity index (χ0n) is 8.14. The highest BCUT2D eigenvalue weighted by Gasteiger charge is 2.19. The lowest BCUT2D eigenvalue weighted by atomic mass is 10.1. The van der Waals surface area contributed by atoms with Crippen molar-refractivity contribution in [3.63, 3.8) is 0 Å². The summed E-state index contributed by atoms with van der Waals surface area (Å²) < 4.78 is 4.70. The Labute approximate surface area is 90.8 Å². The molecule has 16 heavy (non-hydrogen) atoms. The van der Waals surface area contributed by atoms with Gasteiger partial charge in [-0.25, -0.2) is 0 Å². The SMILES string of the molecule is [NH]C(=O)C(=O)c1cc(-c2ccccc2)no1. The van der Waals surface area contributed by atoms with E-state index in [2.05, 4.69) is 5.16 Å². The van der Waals surface area contributed by atoms with Gasteiger partial charge in [0.2, 0.25) is 5.76 Å². The molecular weight excluding hydrogens is 208 g/mol. The van der Waals surface area contributed by atoms with Gasteiger partial charge in [0.15, 0.2) is 0 Å². The van der Waals surface area contributed by atoms with E-state index in [-0.39, 0.29) is 5.76 Å². The standard InChI is InChI=1S/C11H7N2O3/c12-11(15)10(14)9-6-8(13-16-9)7-4-2-1-3-5-7/h1-6,12H. The fourth-order valence-electron chi connectivity index (χ4n) is 1.24. The van der Waals surface area contributed by atoms with Crippen LogP contribution < -0.4 is 5.73 Å². The first-order valence-corrected chi connectivity index (χ1v) is 4.51. The molecule has 1 aromatic carbocycles. The summed E-state index contributed by atoms with van der Waals surface area (Å²) in [6, 6.07) is 10.4. The number of carbonyl (C=O) groups excluding carboxylic acids is 2. The van der Waals surface area contributed by atoms with E-state index in [1.54, 1.807) is 12.1 Å². The highest BCUT2D eigenvalue weighted by atomic mass is 16.5. The lowest BCUT2D eigenvalue weighted by Gasteiger charge is -1.91. The number of Topliss-reactive ketones (excluding diaryl/α,β-unsaturated/α-hetero) is 1. The van der Waals surface area contributed by atoms with Gasteiger partial charge < -0.3 is 4.52 Å². The maximum absolute atomic E-state index is 11.1. The monoisotopic (exact) mass is 215 g/mol. The summed E-state index contributed by atoms with van der Waals surface area (Å²) in [5.41, 5.74) is 7.90. The minimum Gasteiger partial charge on any atom is -0.352 e. The van der Waals surface area contributed by atoms with Crippen molar-refractivity contribution in [1.82, 2.24) is 10.9 Å². The minimum atomic E-state index is -1.31. The molecule has 0 fully saturated rings. The van der Waals surface area contributed by atoms with Crippen molar-refractivity contribution in [2.24, 2.45) is 0 Å². The molecule has 0 aliphatic heterocycles. The highest BCUT2D eigenvalue weighted by Crippen LogP contribution is 2.18. The number of benzene rings is 1. The van der Waals surface area contributed by atoms with Crippen LogP contribution in [0.5, 0.6) is 0 Å². The topological polar surface area (TPSA) is 84.0 Å². The molecule has 0 spiro atoms. The third-order valence-electron chi connectivity index (χ3n) is 2.01. The normalized spacial score (nSPS) is 10.0. The van der Waals surface area contributed by atoms with Gasteiger partial charge in [0.25, 0.3) is 5.78 Å². The molecule has 0 bridgehead atoms. The molecule has 0 aliphatic rings. The molecule has 1 N–H and O–H groups in total. The molecule has 1 amide bonds. The average Bonchev–Trinajstić information content (AvgIpc) is 2.78. The maximum atomic E-state index is 11.1. The largest absolute Gasteiger partial charge is 0.352 e. The van der Waals surface area contributed by atoms with E-state index >= 15 is 0 Å². The van der Waals surface area contributed by atoms with Crippen molar-refractivity contribution >= 4 is 11.7 Å². The summed E-state index contributed by atoms with van der Waals surface area (Å²) in [4.78, 5) is 21.6. The lowest BCUT2D eigenvalue weighted by Crippen LogP contribution is -2.13. The molecule has 5 nitrogen and oxygen atoms in total. The zero-order chi connectivity index (χ0) is 11.5. The van der Waals surface area contributed by atoms with E-state index in [9.17, 15) is 9.59 Å². The second kappa shape index (κ2) is 3.98. The van der Waals surface area contributed by atoms with Crippen molar-refractivity contribution < 1.29 is 14.1 Å². The van der Waals surface area contributed by atoms with Gasteiger partial charge in [-0.2, -0.15) is 0 Å². The van der Waals surface area contributed by atoms with E-state index in [4.69, 9.17) is 10.3 Å². The van der Waals surface area contributed by atoms with Gasteiger partial charge in [-0.15, -0.1) is 0 Å². The molecule has 2 rings (SSSR count). The summed E-state index contributed by atoms with van der Waals surface area (Å²) in [7, 11) is 0. The first-order chi connectivity index (χ1) is 7.68. The van der Waals surface area contributed by atoms with Gasteiger partial charge in [-0.1, -0.05) is 35.5 Å². The molecule has 1 radical (unpaired) electrons. The molecule has 0 saturated carbocycles. The van der Waals surface area contributed by atoms with Crippen LogP contribution in [0.3, 0.4) is 0 Å². The van der Waals surface area contributed by atoms with Crippen LogP contribution in [0, 0.1) is 0 Å². The van der Waals surface area contributed by atoms with Crippen molar-refractivity contribution in [3.05, 3.63) is 42.2 Å². The molecule has 0 aliphatic carbocycles. The fourth-order valence-corrected chi connectivity index (χ4v) is 1.24. The number of hydrogen-bond donors (Lipinski definition) is 0. The highest BCUT2D eigenvalue weighted by molar-refractivity contribution is 6.41. The Morgan fingerprint density at radius 2 is 1.88 bits per heavy atom. The first kappa shape index (κ1) is 10.1. The number of carbonyl (C=O) groups is 2. The Morgan fingerprint density at radius 1 is 1.19 bits per heavy atom. The number of rotatable bonds is 3. The number of nitrogens with zero attached hydrogens (tertiary/aromatic N) is 1. The number of amides is 1. The molecule has 1 aromatic heterocycles. The predicted molar refractivity (Wildman–Crippen MR) is 54.4 cm³/mol. The smallest absolute Gasteiger partial charge is 0.314 e. The second-order valence-corrected chi connectivity index (χ2v) is 3.10. The zero-order valence-corrected chi connectivity index (χ0v) is 8.14. The van der Waals surface area contributed by atoms with Gasteiger partial charge in [0.1, 0.15) is 5.69 Å². The van der Waals surface area contributed by atoms with Crippen LogP contribution in [0.25, 0.3) is 11.3 Å². The minimum absolute atomic E-state index is 0.209. The second-order valence-electron chi connectivity index (χ2n) is 3.10. The maximum Gasteiger partial charge on any atom is 0.314 e. The predicted octanol–water partition coefficient (Wildman–Crippen LogP) is 1.33. The van der Waals surface area contributed by atoms with Crippen molar-refractivity contribution in [2.75, 3.05) is 0 Å². The van der Waals surface area contributed by atoms with Crippen LogP contribution in [-0.2, 0) is 4.79 Å². The van der Waals surface area contributed by atoms with Crippen molar-refractivity contribution in [1.29, 1.82) is 0 Å². The summed E-state index contributed by atoms with van der Waals surface area (Å²) in [5.74, 6) is -2.51. The third kappa shape index (κ3) is 1.83. The molecule has 0 saturated heterocycles. The fraction of sp³-hybridized carbons (Fsp3) is 0. The van der Waals surface area contributed by atoms with Crippen LogP contribution in [0.4, 0.5) is 0 Å². The van der Waals surface area contributed by atoms with Gasteiger partial charge in [-0.05, 0) is 0 Å². The molecule has 5 heteroatoms. The average molecular weight is 215 g/mol. The van der Waals surface area contributed by atoms with Gasteiger partial charge in [0.05, 0.1) is 0 Å². The van der Waals surface area contributed by atoms with Crippen LogP contribution in [0.1, 0.15) is 10.6 Å². The van der Waals surface area contributed by atoms with Crippen LogP contribution >= 0.6 is 0 Å². The van der Waals surface area contributed by atoms with Crippen LogP contribution in [0.2, 0.25) is 0 Å². The summed E-state index contributed by atoms with van der Waals surface area (Å²) >= 11 is 0.